The zero-order valence-electron chi connectivity index (χ0n) is 45.4. The molecule has 10 heterocycles. The van der Waals surface area contributed by atoms with Crippen LogP contribution in [-0.4, -0.2) is 23.6 Å². The number of benzene rings is 7. The Balaban J connectivity index is 1.08. The standard InChI is InChI=1S/C67H70N4O5/c1-40-29-52-30-41(2)58(40)68-62(72)49-21-18-22-50(37-49)63(73)69-59-42(3)31-53(32-43(59)4)67(27-16-11-17-28-67)55-35-46(7)61(47(8)36-55)71-65(75)56-38-51(23-24-57(56)76-39-48-19-12-9-13-20-48)64(74)70-60-44(5)33-54(34-45(60)6)66(52)25-14-10-15-26-66/h9,12-13,18-24,29-38H,10-11,14-17,25-28,39H2,1-8H3,(H,68,72)(H,69,73)(H,70,74)(H,71,75). The highest BCUT2D eigenvalue weighted by atomic mass is 16.5. The lowest BCUT2D eigenvalue weighted by atomic mass is 9.64. The predicted octanol–water partition coefficient (Wildman–Crippen LogP) is 15.6. The second kappa shape index (κ2) is 21.1. The van der Waals surface area contributed by atoms with Crippen LogP contribution < -0.4 is 26.0 Å². The van der Waals surface area contributed by atoms with Crippen molar-refractivity contribution in [2.24, 2.45) is 0 Å². The number of carbonyl (C=O) groups excluding carboxylic acids is 4. The molecule has 0 radical (unpaired) electrons. The summed E-state index contributed by atoms with van der Waals surface area (Å²) >= 11 is 0. The van der Waals surface area contributed by atoms with Crippen LogP contribution >= 0.6 is 0 Å². The van der Waals surface area contributed by atoms with Gasteiger partial charge in [0.15, 0.2) is 0 Å². The molecule has 0 atom stereocenters. The van der Waals surface area contributed by atoms with Crippen molar-refractivity contribution in [1.29, 1.82) is 0 Å². The van der Waals surface area contributed by atoms with Crippen molar-refractivity contribution in [2.75, 3.05) is 21.3 Å². The van der Waals surface area contributed by atoms with Crippen LogP contribution in [0.25, 0.3) is 0 Å². The Kier molecular flexibility index (Phi) is 14.3. The summed E-state index contributed by atoms with van der Waals surface area (Å²) in [4.78, 5) is 57.6. The molecule has 76 heavy (non-hydrogen) atoms. The first-order valence-corrected chi connectivity index (χ1v) is 27.2. The summed E-state index contributed by atoms with van der Waals surface area (Å²) in [6.45, 7) is 16.6. The average molecular weight is 1010 g/mol. The van der Waals surface area contributed by atoms with Crippen LogP contribution in [0, 0.1) is 55.4 Å². The molecular weight excluding hydrogens is 941 g/mol. The fraction of sp³-hybridized carbons (Fsp3) is 0.313. The summed E-state index contributed by atoms with van der Waals surface area (Å²) in [5.41, 5.74) is 17.1. The van der Waals surface area contributed by atoms with Crippen LogP contribution in [-0.2, 0) is 17.4 Å². The van der Waals surface area contributed by atoms with Crippen molar-refractivity contribution in [3.63, 3.8) is 0 Å². The Morgan fingerprint density at radius 3 is 1.08 bits per heavy atom. The van der Waals surface area contributed by atoms with Crippen LogP contribution in [0.1, 0.15) is 178 Å². The number of amides is 4. The van der Waals surface area contributed by atoms with Gasteiger partial charge in [-0.1, -0.05) is 123 Å². The molecule has 10 aliphatic heterocycles. The quantitative estimate of drug-likeness (QED) is 0.140. The molecule has 4 amide bonds. The second-order valence-corrected chi connectivity index (χ2v) is 22.1. The maximum Gasteiger partial charge on any atom is 0.259 e. The Bertz CT molecular complexity index is 3360. The van der Waals surface area contributed by atoms with Crippen molar-refractivity contribution in [3.05, 3.63) is 216 Å². The normalized spacial score (nSPS) is 16.4. The molecule has 0 aromatic heterocycles. The molecule has 0 unspecified atom stereocenters. The van der Waals surface area contributed by atoms with Crippen molar-refractivity contribution in [3.8, 4) is 5.75 Å². The van der Waals surface area contributed by atoms with Crippen LogP contribution in [0.15, 0.2) is 121 Å². The van der Waals surface area contributed by atoms with E-state index in [1.54, 1.807) is 42.5 Å². The van der Waals surface area contributed by atoms with E-state index in [1.807, 2.05) is 85.7 Å². The molecular formula is C67H70N4O5. The van der Waals surface area contributed by atoms with E-state index in [0.717, 1.165) is 131 Å². The van der Waals surface area contributed by atoms with Gasteiger partial charge in [0, 0.05) is 50.3 Å². The van der Waals surface area contributed by atoms with Crippen LogP contribution in [0.2, 0.25) is 0 Å². The number of hydrogen-bond acceptors (Lipinski definition) is 5. The SMILES string of the molecule is Cc1cc2cc(C)c1NC(=O)c1cccc(c1)C(=O)Nc1c(C)cc(cc1C)C1(CCCCC1)c1cc(C)c(c(C)c1)NC(=O)c1cc(ccc1OCc1ccccc1)C(=O)Nc1c(C)cc(cc1C)C21CCCCC1. The first kappa shape index (κ1) is 51.7. The first-order valence-electron chi connectivity index (χ1n) is 27.2. The summed E-state index contributed by atoms with van der Waals surface area (Å²) in [6.07, 6.45) is 10.5. The predicted molar refractivity (Wildman–Crippen MR) is 307 cm³/mol. The Morgan fingerprint density at radius 2 is 0.711 bits per heavy atom. The minimum Gasteiger partial charge on any atom is -0.488 e. The highest BCUT2D eigenvalue weighted by Crippen LogP contribution is 2.49. The summed E-state index contributed by atoms with van der Waals surface area (Å²) in [7, 11) is 0. The van der Waals surface area contributed by atoms with Crippen LogP contribution in [0.5, 0.6) is 5.75 Å². The lowest BCUT2D eigenvalue weighted by molar-refractivity contribution is 0.101. The van der Waals surface area contributed by atoms with Gasteiger partial charge in [-0.3, -0.25) is 19.2 Å². The Hall–Kier alpha value is -7.78. The largest absolute Gasteiger partial charge is 0.488 e. The van der Waals surface area contributed by atoms with Crippen LogP contribution in [0.3, 0.4) is 0 Å². The zero-order chi connectivity index (χ0) is 53.5. The minimum atomic E-state index is -0.374. The van der Waals surface area contributed by atoms with Crippen LogP contribution in [0.4, 0.5) is 22.7 Å². The van der Waals surface area contributed by atoms with E-state index in [1.165, 1.54) is 22.3 Å². The van der Waals surface area contributed by atoms with E-state index in [9.17, 15) is 19.2 Å². The van der Waals surface area contributed by atoms with Gasteiger partial charge in [-0.25, -0.2) is 0 Å². The van der Waals surface area contributed by atoms with Gasteiger partial charge in [0.05, 0.1) is 5.56 Å². The molecule has 7 aromatic rings. The molecule has 7 aromatic carbocycles. The van der Waals surface area contributed by atoms with Gasteiger partial charge in [-0.15, -0.1) is 0 Å². The third-order valence-electron chi connectivity index (χ3n) is 16.8. The molecule has 0 saturated heterocycles. The van der Waals surface area contributed by atoms with Gasteiger partial charge in [0.25, 0.3) is 23.6 Å². The lowest BCUT2D eigenvalue weighted by Gasteiger charge is -2.40. The molecule has 2 saturated carbocycles. The second-order valence-electron chi connectivity index (χ2n) is 22.1. The van der Waals surface area contributed by atoms with Crippen molar-refractivity contribution >= 4 is 46.4 Å². The summed E-state index contributed by atoms with van der Waals surface area (Å²) in [6, 6.07) is 39.7. The average Bonchev–Trinajstić information content (AvgIpc) is 3.44. The molecule has 2 aliphatic carbocycles. The number of nitrogens with one attached hydrogen (secondary N) is 4. The topological polar surface area (TPSA) is 126 Å². The zero-order valence-corrected chi connectivity index (χ0v) is 45.4. The summed E-state index contributed by atoms with van der Waals surface area (Å²) < 4.78 is 6.38. The van der Waals surface area contributed by atoms with Gasteiger partial charge >= 0.3 is 0 Å². The molecule has 2 fully saturated rings. The highest BCUT2D eigenvalue weighted by molar-refractivity contribution is 6.11. The van der Waals surface area contributed by atoms with Crippen molar-refractivity contribution in [1.82, 2.24) is 0 Å². The number of anilines is 4. The molecule has 12 bridgehead atoms. The number of aryl methyl sites for hydroxylation is 8. The summed E-state index contributed by atoms with van der Waals surface area (Å²) in [5.74, 6) is -0.895. The number of carbonyl (C=O) groups is 4. The van der Waals surface area contributed by atoms with E-state index in [0.29, 0.717) is 28.1 Å². The van der Waals surface area contributed by atoms with Gasteiger partial charge in [0.2, 0.25) is 0 Å². The molecule has 12 aliphatic rings. The number of hydrogen-bond donors (Lipinski definition) is 4. The first-order chi connectivity index (χ1) is 36.5. The molecule has 9 heteroatoms. The maximum absolute atomic E-state index is 14.8. The number of rotatable bonds is 3. The van der Waals surface area contributed by atoms with E-state index < -0.39 is 0 Å². The van der Waals surface area contributed by atoms with Gasteiger partial charge in [-0.2, -0.15) is 0 Å². The lowest BCUT2D eigenvalue weighted by Crippen LogP contribution is -2.31. The van der Waals surface area contributed by atoms with Gasteiger partial charge in [0.1, 0.15) is 12.4 Å². The smallest absolute Gasteiger partial charge is 0.259 e. The highest BCUT2D eigenvalue weighted by Gasteiger charge is 2.39. The third kappa shape index (κ3) is 9.95. The molecule has 4 N–H and O–H groups in total. The maximum atomic E-state index is 14.8. The fourth-order valence-electron chi connectivity index (χ4n) is 12.8. The monoisotopic (exact) mass is 1010 g/mol. The Labute approximate surface area is 448 Å². The minimum absolute atomic E-state index is 0.244. The Morgan fingerprint density at radius 1 is 0.368 bits per heavy atom. The molecule has 388 valence electrons. The summed E-state index contributed by atoms with van der Waals surface area (Å²) in [5, 5.41) is 13.0. The molecule has 9 nitrogen and oxygen atoms in total. The molecule has 19 rings (SSSR count). The van der Waals surface area contributed by atoms with Gasteiger partial charge in [-0.05, 0) is 190 Å². The number of ether oxygens (including phenoxy) is 1. The fourth-order valence-corrected chi connectivity index (χ4v) is 12.8. The van der Waals surface area contributed by atoms with E-state index in [2.05, 4.69) is 69.8 Å². The van der Waals surface area contributed by atoms with Crippen molar-refractivity contribution in [2.45, 2.75) is 137 Å². The van der Waals surface area contributed by atoms with E-state index in [-0.39, 0.29) is 46.6 Å². The van der Waals surface area contributed by atoms with Gasteiger partial charge < -0.3 is 26.0 Å². The van der Waals surface area contributed by atoms with E-state index in [4.69, 9.17) is 4.74 Å². The van der Waals surface area contributed by atoms with E-state index >= 15 is 0 Å². The third-order valence-corrected chi connectivity index (χ3v) is 16.8. The molecule has 2 spiro atoms. The van der Waals surface area contributed by atoms with Crippen molar-refractivity contribution < 1.29 is 23.9 Å².